The summed E-state index contributed by atoms with van der Waals surface area (Å²) in [5, 5.41) is 0.938. The third-order valence-corrected chi connectivity index (χ3v) is 6.95. The Morgan fingerprint density at radius 3 is 2.29 bits per heavy atom. The molecule has 2 atom stereocenters. The molecule has 2 saturated heterocycles. The molecule has 0 bridgehead atoms. The highest BCUT2D eigenvalue weighted by molar-refractivity contribution is 5.84. The van der Waals surface area contributed by atoms with Crippen molar-refractivity contribution in [3.05, 3.63) is 82.1 Å². The van der Waals surface area contributed by atoms with Gasteiger partial charge in [-0.3, -0.25) is 4.79 Å². The largest absolute Gasteiger partial charge is 0.341 e. The van der Waals surface area contributed by atoms with Gasteiger partial charge in [0.15, 0.2) is 5.60 Å². The molecule has 3 aromatic rings. The number of fused-ring (bicyclic) bond motifs is 2. The summed E-state index contributed by atoms with van der Waals surface area (Å²) < 4.78 is 8.21. The second kappa shape index (κ2) is 6.52. The van der Waals surface area contributed by atoms with E-state index in [2.05, 4.69) is 34.6 Å². The van der Waals surface area contributed by atoms with Gasteiger partial charge in [-0.1, -0.05) is 83.1 Å². The predicted octanol–water partition coefficient (Wildman–Crippen LogP) is 5.01. The van der Waals surface area contributed by atoms with Crippen molar-refractivity contribution in [1.82, 2.24) is 4.57 Å². The fourth-order valence-corrected chi connectivity index (χ4v) is 5.75. The van der Waals surface area contributed by atoms with Crippen LogP contribution in [0.3, 0.4) is 0 Å². The van der Waals surface area contributed by atoms with Crippen LogP contribution in [0.15, 0.2) is 65.5 Å². The van der Waals surface area contributed by atoms with Crippen molar-refractivity contribution in [1.29, 1.82) is 0 Å². The van der Waals surface area contributed by atoms with E-state index in [1.165, 1.54) is 0 Å². The van der Waals surface area contributed by atoms with E-state index in [-0.39, 0.29) is 16.4 Å². The van der Waals surface area contributed by atoms with E-state index >= 15 is 0 Å². The van der Waals surface area contributed by atoms with Gasteiger partial charge in [-0.25, -0.2) is 4.89 Å². The minimum atomic E-state index is -1.13. The number of pyridine rings is 1. The van der Waals surface area contributed by atoms with E-state index in [0.717, 1.165) is 22.0 Å². The molecule has 0 amide bonds. The molecule has 2 fully saturated rings. The van der Waals surface area contributed by atoms with Gasteiger partial charge in [0.2, 0.25) is 0 Å². The second-order valence-electron chi connectivity index (χ2n) is 10.4. The van der Waals surface area contributed by atoms with Crippen LogP contribution in [-0.2, 0) is 26.8 Å². The van der Waals surface area contributed by atoms with Gasteiger partial charge in [0, 0.05) is 27.8 Å². The Morgan fingerprint density at radius 2 is 1.65 bits per heavy atom. The van der Waals surface area contributed by atoms with Crippen molar-refractivity contribution in [2.75, 3.05) is 6.61 Å². The van der Waals surface area contributed by atoms with Crippen LogP contribution < -0.4 is 5.56 Å². The van der Waals surface area contributed by atoms with Crippen LogP contribution in [0.5, 0.6) is 0 Å². The Labute approximate surface area is 182 Å². The lowest BCUT2D eigenvalue weighted by Gasteiger charge is -2.61. The summed E-state index contributed by atoms with van der Waals surface area (Å²) in [5.74, 6) is -1.13. The minimum absolute atomic E-state index is 0.0847. The zero-order valence-corrected chi connectivity index (χ0v) is 18.8. The predicted molar refractivity (Wildman–Crippen MR) is 120 cm³/mol. The lowest BCUT2D eigenvalue weighted by molar-refractivity contribution is -0.626. The number of hydrogen-bond acceptors (Lipinski definition) is 4. The summed E-state index contributed by atoms with van der Waals surface area (Å²) in [4.78, 5) is 25.2. The molecule has 0 aliphatic carbocycles. The first-order valence-electron chi connectivity index (χ1n) is 10.8. The Bertz CT molecular complexity index is 1210. The average molecular weight is 420 g/mol. The molecule has 5 nitrogen and oxygen atoms in total. The fraction of sp³-hybridized carbons (Fsp3) is 0.423. The van der Waals surface area contributed by atoms with Crippen molar-refractivity contribution in [3.63, 3.8) is 0 Å². The Hall–Kier alpha value is -2.47. The number of nitrogens with zero attached hydrogens (tertiary/aromatic N) is 1. The Kier molecular flexibility index (Phi) is 4.30. The van der Waals surface area contributed by atoms with Gasteiger partial charge in [-0.2, -0.15) is 4.89 Å². The SMILES string of the molecule is CC(C)(C)C12OOC1(c1cc(=O)n(Cc3ccccc3)c3ccccc13)OCC2(C)C. The zero-order chi connectivity index (χ0) is 22.1. The van der Waals surface area contributed by atoms with Crippen molar-refractivity contribution in [3.8, 4) is 0 Å². The average Bonchev–Trinajstić information content (AvgIpc) is 2.86. The third kappa shape index (κ3) is 2.57. The summed E-state index contributed by atoms with van der Waals surface area (Å²) in [6.07, 6.45) is 0. The van der Waals surface area contributed by atoms with Crippen LogP contribution in [0, 0.1) is 10.8 Å². The van der Waals surface area contributed by atoms with Gasteiger partial charge in [-0.05, 0) is 11.6 Å². The number of aromatic nitrogens is 1. The van der Waals surface area contributed by atoms with Crippen molar-refractivity contribution in [2.24, 2.45) is 10.8 Å². The Morgan fingerprint density at radius 1 is 0.968 bits per heavy atom. The summed E-state index contributed by atoms with van der Waals surface area (Å²) >= 11 is 0. The first-order valence-corrected chi connectivity index (χ1v) is 10.8. The van der Waals surface area contributed by atoms with Gasteiger partial charge < -0.3 is 9.30 Å². The first-order chi connectivity index (χ1) is 14.6. The van der Waals surface area contributed by atoms with Gasteiger partial charge >= 0.3 is 0 Å². The van der Waals surface area contributed by atoms with Gasteiger partial charge in [0.05, 0.1) is 18.7 Å². The molecule has 3 heterocycles. The molecule has 2 aromatic carbocycles. The molecule has 0 spiro atoms. The van der Waals surface area contributed by atoms with Crippen LogP contribution >= 0.6 is 0 Å². The van der Waals surface area contributed by atoms with E-state index < -0.39 is 11.4 Å². The van der Waals surface area contributed by atoms with Gasteiger partial charge in [0.25, 0.3) is 11.3 Å². The summed E-state index contributed by atoms with van der Waals surface area (Å²) in [6.45, 7) is 11.7. The van der Waals surface area contributed by atoms with Crippen LogP contribution in [0.4, 0.5) is 0 Å². The van der Waals surface area contributed by atoms with E-state index in [9.17, 15) is 4.79 Å². The molecule has 0 saturated carbocycles. The monoisotopic (exact) mass is 419 g/mol. The molecule has 162 valence electrons. The number of rotatable bonds is 3. The number of benzene rings is 2. The zero-order valence-electron chi connectivity index (χ0n) is 18.8. The van der Waals surface area contributed by atoms with Gasteiger partial charge in [-0.15, -0.1) is 0 Å². The maximum absolute atomic E-state index is 13.4. The molecule has 5 rings (SSSR count). The van der Waals surface area contributed by atoms with E-state index in [4.69, 9.17) is 14.5 Å². The highest BCUT2D eigenvalue weighted by Gasteiger charge is 2.81. The maximum Gasteiger partial charge on any atom is 0.262 e. The van der Waals surface area contributed by atoms with Crippen molar-refractivity contribution < 1.29 is 14.5 Å². The summed E-state index contributed by atoms with van der Waals surface area (Å²) in [6, 6.07) is 19.7. The highest BCUT2D eigenvalue weighted by Crippen LogP contribution is 2.69. The lowest BCUT2D eigenvalue weighted by Crippen LogP contribution is -2.73. The standard InChI is InChI=1S/C26H29NO4/c1-23(2,3)26-24(4,5)17-29-25(26,30-31-26)20-15-22(28)27(16-18-11-7-6-8-12-18)21-14-10-9-13-19(20)21/h6-15H,16-17H2,1-5H3. The number of ether oxygens (including phenoxy) is 1. The Balaban J connectivity index is 1.75. The molecular weight excluding hydrogens is 390 g/mol. The van der Waals surface area contributed by atoms with Crippen LogP contribution in [0.2, 0.25) is 0 Å². The minimum Gasteiger partial charge on any atom is -0.341 e. The fourth-order valence-electron chi connectivity index (χ4n) is 5.75. The molecule has 0 radical (unpaired) electrons. The van der Waals surface area contributed by atoms with Crippen molar-refractivity contribution >= 4 is 10.9 Å². The number of hydrogen-bond donors (Lipinski definition) is 0. The third-order valence-electron chi connectivity index (χ3n) is 6.95. The molecule has 0 N–H and O–H groups in total. The van der Waals surface area contributed by atoms with E-state index in [1.54, 1.807) is 6.07 Å². The molecular formula is C26H29NO4. The second-order valence-corrected chi connectivity index (χ2v) is 10.4. The highest BCUT2D eigenvalue weighted by atomic mass is 17.3. The quantitative estimate of drug-likeness (QED) is 0.560. The summed E-state index contributed by atoms with van der Waals surface area (Å²) in [7, 11) is 0. The first kappa shape index (κ1) is 20.4. The molecule has 31 heavy (non-hydrogen) atoms. The topological polar surface area (TPSA) is 49.7 Å². The summed E-state index contributed by atoms with van der Waals surface area (Å²) in [5.41, 5.74) is 1.27. The molecule has 2 aliphatic heterocycles. The smallest absolute Gasteiger partial charge is 0.262 e. The maximum atomic E-state index is 13.4. The van der Waals surface area contributed by atoms with E-state index in [0.29, 0.717) is 13.2 Å². The van der Waals surface area contributed by atoms with Crippen LogP contribution in [0.25, 0.3) is 10.9 Å². The van der Waals surface area contributed by atoms with E-state index in [1.807, 2.05) is 59.2 Å². The normalized spacial score (nSPS) is 27.1. The molecule has 2 unspecified atom stereocenters. The molecule has 2 aliphatic rings. The lowest BCUT2D eigenvalue weighted by atomic mass is 9.57. The van der Waals surface area contributed by atoms with Crippen LogP contribution in [-0.4, -0.2) is 16.8 Å². The van der Waals surface area contributed by atoms with Gasteiger partial charge in [0.1, 0.15) is 0 Å². The molecule has 5 heteroatoms. The molecule has 1 aromatic heterocycles. The van der Waals surface area contributed by atoms with Crippen molar-refractivity contribution in [2.45, 2.75) is 52.6 Å². The van der Waals surface area contributed by atoms with Crippen LogP contribution in [0.1, 0.15) is 45.7 Å². The number of para-hydroxylation sites is 1.